The minimum Gasteiger partial charge on any atom is -0.492 e. The lowest BCUT2D eigenvalue weighted by Crippen LogP contribution is -2.28. The highest BCUT2D eigenvalue weighted by molar-refractivity contribution is 5.73. The predicted molar refractivity (Wildman–Crippen MR) is 73.0 cm³/mol. The highest BCUT2D eigenvalue weighted by Gasteiger charge is 2.35. The van der Waals surface area contributed by atoms with Gasteiger partial charge in [-0.3, -0.25) is 9.69 Å². The summed E-state index contributed by atoms with van der Waals surface area (Å²) in [6.45, 7) is 4.90. The molecular formula is C15H20FNO3. The van der Waals surface area contributed by atoms with E-state index >= 15 is 0 Å². The molecular weight excluding hydrogens is 261 g/mol. The van der Waals surface area contributed by atoms with Gasteiger partial charge in [0.1, 0.15) is 18.2 Å². The number of esters is 1. The highest BCUT2D eigenvalue weighted by atomic mass is 19.1. The molecule has 0 amide bonds. The first-order valence-electron chi connectivity index (χ1n) is 6.78. The molecule has 0 radical (unpaired) electrons. The van der Waals surface area contributed by atoms with E-state index in [4.69, 9.17) is 9.47 Å². The zero-order valence-corrected chi connectivity index (χ0v) is 11.8. The largest absolute Gasteiger partial charge is 0.492 e. The zero-order valence-electron chi connectivity index (χ0n) is 11.8. The Morgan fingerprint density at radius 2 is 2.05 bits per heavy atom. The standard InChI is InChI=1S/C15H20FNO3/c1-11-9-17(10-14(11)15(18)19-2)7-8-20-13-5-3-12(16)4-6-13/h3-6,11,14H,7-10H2,1-2H3. The number of likely N-dealkylation sites (tertiary alicyclic amines) is 1. The van der Waals surface area contributed by atoms with Gasteiger partial charge >= 0.3 is 5.97 Å². The summed E-state index contributed by atoms with van der Waals surface area (Å²) in [6, 6.07) is 5.97. The quantitative estimate of drug-likeness (QED) is 0.773. The van der Waals surface area contributed by atoms with Crippen LogP contribution in [0.5, 0.6) is 5.75 Å². The summed E-state index contributed by atoms with van der Waals surface area (Å²) < 4.78 is 23.1. The summed E-state index contributed by atoms with van der Waals surface area (Å²) in [4.78, 5) is 13.8. The summed E-state index contributed by atoms with van der Waals surface area (Å²) in [7, 11) is 1.43. The van der Waals surface area contributed by atoms with Gasteiger partial charge in [-0.2, -0.15) is 0 Å². The molecule has 0 aromatic heterocycles. The Bertz CT molecular complexity index is 449. The molecule has 110 valence electrons. The van der Waals surface area contributed by atoms with Crippen LogP contribution in [0, 0.1) is 17.7 Å². The van der Waals surface area contributed by atoms with Gasteiger partial charge in [0.2, 0.25) is 0 Å². The molecule has 1 saturated heterocycles. The van der Waals surface area contributed by atoms with E-state index in [9.17, 15) is 9.18 Å². The van der Waals surface area contributed by atoms with Crippen molar-refractivity contribution in [3.8, 4) is 5.75 Å². The van der Waals surface area contributed by atoms with Gasteiger partial charge in [0.15, 0.2) is 0 Å². The molecule has 4 nitrogen and oxygen atoms in total. The number of carbonyl (C=O) groups excluding carboxylic acids is 1. The number of methoxy groups -OCH3 is 1. The van der Waals surface area contributed by atoms with E-state index in [0.717, 1.165) is 13.1 Å². The van der Waals surface area contributed by atoms with Crippen LogP contribution in [-0.4, -0.2) is 44.2 Å². The molecule has 0 saturated carbocycles. The monoisotopic (exact) mass is 281 g/mol. The average Bonchev–Trinajstić information content (AvgIpc) is 2.81. The number of halogens is 1. The first-order chi connectivity index (χ1) is 9.60. The van der Waals surface area contributed by atoms with E-state index in [2.05, 4.69) is 11.8 Å². The van der Waals surface area contributed by atoms with Crippen molar-refractivity contribution < 1.29 is 18.7 Å². The van der Waals surface area contributed by atoms with Gasteiger partial charge in [0.25, 0.3) is 0 Å². The molecule has 1 fully saturated rings. The lowest BCUT2D eigenvalue weighted by Gasteiger charge is -2.15. The zero-order chi connectivity index (χ0) is 14.5. The second-order valence-corrected chi connectivity index (χ2v) is 5.17. The molecule has 0 bridgehead atoms. The van der Waals surface area contributed by atoms with E-state index in [1.165, 1.54) is 19.2 Å². The average molecular weight is 281 g/mol. The molecule has 2 unspecified atom stereocenters. The molecule has 1 aliphatic heterocycles. The van der Waals surface area contributed by atoms with Gasteiger partial charge in [-0.15, -0.1) is 0 Å². The van der Waals surface area contributed by atoms with E-state index in [0.29, 0.717) is 24.8 Å². The van der Waals surface area contributed by atoms with Gasteiger partial charge in [0.05, 0.1) is 13.0 Å². The maximum atomic E-state index is 12.7. The highest BCUT2D eigenvalue weighted by Crippen LogP contribution is 2.23. The third-order valence-electron chi connectivity index (χ3n) is 3.68. The van der Waals surface area contributed by atoms with E-state index in [-0.39, 0.29) is 17.7 Å². The topological polar surface area (TPSA) is 38.8 Å². The van der Waals surface area contributed by atoms with Crippen LogP contribution in [-0.2, 0) is 9.53 Å². The van der Waals surface area contributed by atoms with Crippen LogP contribution in [0.2, 0.25) is 0 Å². The number of benzene rings is 1. The van der Waals surface area contributed by atoms with Crippen LogP contribution >= 0.6 is 0 Å². The summed E-state index contributed by atoms with van der Waals surface area (Å²) >= 11 is 0. The van der Waals surface area contributed by atoms with Crippen molar-refractivity contribution in [1.29, 1.82) is 0 Å². The number of rotatable bonds is 5. The number of ether oxygens (including phenoxy) is 2. The van der Waals surface area contributed by atoms with Crippen LogP contribution < -0.4 is 4.74 Å². The van der Waals surface area contributed by atoms with Crippen molar-refractivity contribution in [3.63, 3.8) is 0 Å². The van der Waals surface area contributed by atoms with E-state index < -0.39 is 0 Å². The van der Waals surface area contributed by atoms with Crippen molar-refractivity contribution in [2.24, 2.45) is 11.8 Å². The maximum Gasteiger partial charge on any atom is 0.310 e. The minimum atomic E-state index is -0.272. The number of carbonyl (C=O) groups is 1. The fourth-order valence-electron chi connectivity index (χ4n) is 2.53. The predicted octanol–water partition coefficient (Wildman–Crippen LogP) is 1.95. The molecule has 2 atom stereocenters. The van der Waals surface area contributed by atoms with Gasteiger partial charge in [0, 0.05) is 19.6 Å². The summed E-state index contributed by atoms with van der Waals surface area (Å²) in [5.41, 5.74) is 0. The molecule has 2 rings (SSSR count). The van der Waals surface area contributed by atoms with E-state index in [1.54, 1.807) is 12.1 Å². The van der Waals surface area contributed by atoms with Gasteiger partial charge in [-0.25, -0.2) is 4.39 Å². The van der Waals surface area contributed by atoms with Crippen LogP contribution in [0.25, 0.3) is 0 Å². The third-order valence-corrected chi connectivity index (χ3v) is 3.68. The number of hydrogen-bond acceptors (Lipinski definition) is 4. The lowest BCUT2D eigenvalue weighted by atomic mass is 9.99. The Morgan fingerprint density at radius 3 is 2.70 bits per heavy atom. The lowest BCUT2D eigenvalue weighted by molar-refractivity contribution is -0.146. The van der Waals surface area contributed by atoms with Crippen LogP contribution in [0.15, 0.2) is 24.3 Å². The SMILES string of the molecule is COC(=O)C1CN(CCOc2ccc(F)cc2)CC1C. The van der Waals surface area contributed by atoms with Crippen molar-refractivity contribution in [2.75, 3.05) is 33.4 Å². The van der Waals surface area contributed by atoms with Gasteiger partial charge in [-0.05, 0) is 30.2 Å². The molecule has 0 aliphatic carbocycles. The molecule has 0 spiro atoms. The van der Waals surface area contributed by atoms with Crippen LogP contribution in [0.3, 0.4) is 0 Å². The van der Waals surface area contributed by atoms with E-state index in [1.807, 2.05) is 0 Å². The second kappa shape index (κ2) is 6.70. The van der Waals surface area contributed by atoms with Crippen molar-refractivity contribution >= 4 is 5.97 Å². The van der Waals surface area contributed by atoms with Crippen molar-refractivity contribution in [3.05, 3.63) is 30.1 Å². The number of hydrogen-bond donors (Lipinski definition) is 0. The molecule has 20 heavy (non-hydrogen) atoms. The van der Waals surface area contributed by atoms with Crippen molar-refractivity contribution in [2.45, 2.75) is 6.92 Å². The Kier molecular flexibility index (Phi) is 4.95. The van der Waals surface area contributed by atoms with Gasteiger partial charge in [-0.1, -0.05) is 6.92 Å². The smallest absolute Gasteiger partial charge is 0.310 e. The first kappa shape index (κ1) is 14.8. The Balaban J connectivity index is 1.75. The Labute approximate surface area is 118 Å². The third kappa shape index (κ3) is 3.70. The fourth-order valence-corrected chi connectivity index (χ4v) is 2.53. The summed E-state index contributed by atoms with van der Waals surface area (Å²) in [5.74, 6) is 0.494. The fraction of sp³-hybridized carbons (Fsp3) is 0.533. The number of nitrogens with zero attached hydrogens (tertiary/aromatic N) is 1. The van der Waals surface area contributed by atoms with Crippen LogP contribution in [0.4, 0.5) is 4.39 Å². The van der Waals surface area contributed by atoms with Crippen molar-refractivity contribution in [1.82, 2.24) is 4.90 Å². The van der Waals surface area contributed by atoms with Crippen LogP contribution in [0.1, 0.15) is 6.92 Å². The summed E-state index contributed by atoms with van der Waals surface area (Å²) in [6.07, 6.45) is 0. The summed E-state index contributed by atoms with van der Waals surface area (Å²) in [5, 5.41) is 0. The first-order valence-corrected chi connectivity index (χ1v) is 6.78. The Hall–Kier alpha value is -1.62. The maximum absolute atomic E-state index is 12.7. The molecule has 1 aromatic carbocycles. The molecule has 1 aliphatic rings. The van der Waals surface area contributed by atoms with Gasteiger partial charge < -0.3 is 9.47 Å². The Morgan fingerprint density at radius 1 is 1.35 bits per heavy atom. The molecule has 5 heteroatoms. The minimum absolute atomic E-state index is 0.0502. The molecule has 1 heterocycles. The second-order valence-electron chi connectivity index (χ2n) is 5.17. The molecule has 0 N–H and O–H groups in total. The normalized spacial score (nSPS) is 22.8. The molecule has 1 aromatic rings.